The van der Waals surface area contributed by atoms with Crippen molar-refractivity contribution in [2.75, 3.05) is 12.4 Å². The Morgan fingerprint density at radius 2 is 2.05 bits per heavy atom. The van der Waals surface area contributed by atoms with Gasteiger partial charge in [-0.3, -0.25) is 9.69 Å². The van der Waals surface area contributed by atoms with Crippen molar-refractivity contribution in [3.05, 3.63) is 50.1 Å². The SMILES string of the molecule is Cc1ccc(C)c(NC(=O)[C@@H](C)N(C)Cc2ccc(Br)s2)c1. The molecule has 118 valence electrons. The van der Waals surface area contributed by atoms with Crippen LogP contribution in [0.15, 0.2) is 34.1 Å². The van der Waals surface area contributed by atoms with Crippen molar-refractivity contribution in [1.29, 1.82) is 0 Å². The van der Waals surface area contributed by atoms with E-state index in [-0.39, 0.29) is 11.9 Å². The molecule has 1 aromatic heterocycles. The molecule has 0 aliphatic heterocycles. The quantitative estimate of drug-likeness (QED) is 0.822. The third-order valence-corrected chi connectivity index (χ3v) is 5.33. The summed E-state index contributed by atoms with van der Waals surface area (Å²) in [5.74, 6) is 0.0202. The van der Waals surface area contributed by atoms with E-state index in [4.69, 9.17) is 0 Å². The van der Waals surface area contributed by atoms with Gasteiger partial charge in [0.2, 0.25) is 5.91 Å². The third kappa shape index (κ3) is 4.41. The minimum Gasteiger partial charge on any atom is -0.324 e. The Hall–Kier alpha value is -1.17. The minimum atomic E-state index is -0.194. The fraction of sp³-hybridized carbons (Fsp3) is 0.353. The highest BCUT2D eigenvalue weighted by Gasteiger charge is 2.19. The molecule has 0 unspecified atom stereocenters. The number of nitrogens with zero attached hydrogens (tertiary/aromatic N) is 1. The molecule has 3 nitrogen and oxygen atoms in total. The van der Waals surface area contributed by atoms with Crippen LogP contribution in [0.3, 0.4) is 0 Å². The van der Waals surface area contributed by atoms with E-state index in [1.165, 1.54) is 4.88 Å². The van der Waals surface area contributed by atoms with Crippen molar-refractivity contribution in [3.63, 3.8) is 0 Å². The van der Waals surface area contributed by atoms with Crippen molar-refractivity contribution >= 4 is 38.9 Å². The molecule has 0 spiro atoms. The first-order valence-corrected chi connectivity index (χ1v) is 8.80. The smallest absolute Gasteiger partial charge is 0.241 e. The standard InChI is InChI=1S/C17H21BrN2OS/c1-11-5-6-12(2)15(9-11)19-17(21)13(3)20(4)10-14-7-8-16(18)22-14/h5-9,13H,10H2,1-4H3,(H,19,21)/t13-/m1/s1. The maximum atomic E-state index is 12.5. The van der Waals surface area contributed by atoms with Crippen LogP contribution < -0.4 is 5.32 Å². The van der Waals surface area contributed by atoms with Gasteiger partial charge in [-0.05, 0) is 73.1 Å². The van der Waals surface area contributed by atoms with Gasteiger partial charge in [-0.1, -0.05) is 12.1 Å². The first kappa shape index (κ1) is 17.2. The first-order valence-electron chi connectivity index (χ1n) is 7.19. The van der Waals surface area contributed by atoms with E-state index in [1.807, 2.05) is 46.0 Å². The molecule has 0 aliphatic rings. The van der Waals surface area contributed by atoms with Crippen LogP contribution in [0.25, 0.3) is 0 Å². The number of amides is 1. The maximum absolute atomic E-state index is 12.5. The highest BCUT2D eigenvalue weighted by Crippen LogP contribution is 2.23. The van der Waals surface area contributed by atoms with E-state index in [9.17, 15) is 4.79 Å². The number of benzene rings is 1. The molecule has 0 saturated carbocycles. The fourth-order valence-corrected chi connectivity index (χ4v) is 3.67. The van der Waals surface area contributed by atoms with Gasteiger partial charge in [0, 0.05) is 17.1 Å². The minimum absolute atomic E-state index is 0.0202. The molecule has 1 heterocycles. The molecular weight excluding hydrogens is 360 g/mol. The zero-order valence-electron chi connectivity index (χ0n) is 13.3. The van der Waals surface area contributed by atoms with E-state index in [0.717, 1.165) is 27.1 Å². The molecule has 1 aromatic carbocycles. The number of hydrogen-bond acceptors (Lipinski definition) is 3. The number of anilines is 1. The van der Waals surface area contributed by atoms with Crippen LogP contribution in [0.5, 0.6) is 0 Å². The first-order chi connectivity index (χ1) is 10.4. The summed E-state index contributed by atoms with van der Waals surface area (Å²) < 4.78 is 1.11. The number of thiophene rings is 1. The van der Waals surface area contributed by atoms with Crippen molar-refractivity contribution in [2.24, 2.45) is 0 Å². The Morgan fingerprint density at radius 3 is 2.68 bits per heavy atom. The van der Waals surface area contributed by atoms with Gasteiger partial charge in [0.15, 0.2) is 0 Å². The van der Waals surface area contributed by atoms with Gasteiger partial charge in [0.05, 0.1) is 9.83 Å². The number of hydrogen-bond donors (Lipinski definition) is 1. The van der Waals surface area contributed by atoms with Gasteiger partial charge in [-0.25, -0.2) is 0 Å². The summed E-state index contributed by atoms with van der Waals surface area (Å²) >= 11 is 5.16. The monoisotopic (exact) mass is 380 g/mol. The molecule has 1 N–H and O–H groups in total. The molecular formula is C17H21BrN2OS. The lowest BCUT2D eigenvalue weighted by atomic mass is 10.1. The van der Waals surface area contributed by atoms with Crippen LogP contribution in [0, 0.1) is 13.8 Å². The average molecular weight is 381 g/mol. The summed E-state index contributed by atoms with van der Waals surface area (Å²) in [6.45, 7) is 6.73. The van der Waals surface area contributed by atoms with Gasteiger partial charge in [-0.2, -0.15) is 0 Å². The number of halogens is 1. The normalized spacial score (nSPS) is 12.5. The average Bonchev–Trinajstić information content (AvgIpc) is 2.87. The molecule has 0 radical (unpaired) electrons. The summed E-state index contributed by atoms with van der Waals surface area (Å²) in [4.78, 5) is 15.7. The predicted octanol–water partition coefficient (Wildman–Crippen LogP) is 4.59. The second-order valence-electron chi connectivity index (χ2n) is 5.60. The van der Waals surface area contributed by atoms with Crippen molar-refractivity contribution in [2.45, 2.75) is 33.4 Å². The zero-order chi connectivity index (χ0) is 16.3. The Labute approximate surface area is 144 Å². The Balaban J connectivity index is 2.00. The molecule has 1 atom stereocenters. The van der Waals surface area contributed by atoms with Gasteiger partial charge in [-0.15, -0.1) is 11.3 Å². The lowest BCUT2D eigenvalue weighted by Crippen LogP contribution is -2.39. The van der Waals surface area contributed by atoms with Crippen LogP contribution >= 0.6 is 27.3 Å². The van der Waals surface area contributed by atoms with Crippen molar-refractivity contribution in [1.82, 2.24) is 4.90 Å². The topological polar surface area (TPSA) is 32.3 Å². The van der Waals surface area contributed by atoms with Crippen LogP contribution in [-0.4, -0.2) is 23.9 Å². The number of rotatable bonds is 5. The lowest BCUT2D eigenvalue weighted by Gasteiger charge is -2.23. The summed E-state index contributed by atoms with van der Waals surface area (Å²) in [5, 5.41) is 3.04. The number of carbonyl (C=O) groups excluding carboxylic acids is 1. The predicted molar refractivity (Wildman–Crippen MR) is 97.5 cm³/mol. The fourth-order valence-electron chi connectivity index (χ4n) is 2.13. The number of likely N-dealkylation sites (N-methyl/N-ethyl adjacent to an activating group) is 1. The van der Waals surface area contributed by atoms with Crippen LogP contribution in [-0.2, 0) is 11.3 Å². The number of nitrogens with one attached hydrogen (secondary N) is 1. The molecule has 0 aliphatic carbocycles. The summed E-state index contributed by atoms with van der Waals surface area (Å²) in [6, 6.07) is 10.0. The molecule has 5 heteroatoms. The molecule has 0 saturated heterocycles. The van der Waals surface area contributed by atoms with Crippen LogP contribution in [0.2, 0.25) is 0 Å². The zero-order valence-corrected chi connectivity index (χ0v) is 15.7. The second-order valence-corrected chi connectivity index (χ2v) is 8.15. The van der Waals surface area contributed by atoms with Gasteiger partial charge < -0.3 is 5.32 Å². The lowest BCUT2D eigenvalue weighted by molar-refractivity contribution is -0.120. The van der Waals surface area contributed by atoms with Gasteiger partial charge in [0.1, 0.15) is 0 Å². The molecule has 2 aromatic rings. The van der Waals surface area contributed by atoms with Crippen molar-refractivity contribution in [3.8, 4) is 0 Å². The van der Waals surface area contributed by atoms with Crippen LogP contribution in [0.4, 0.5) is 5.69 Å². The van der Waals surface area contributed by atoms with E-state index in [0.29, 0.717) is 0 Å². The van der Waals surface area contributed by atoms with Gasteiger partial charge >= 0.3 is 0 Å². The van der Waals surface area contributed by atoms with Gasteiger partial charge in [0.25, 0.3) is 0 Å². The Kier molecular flexibility index (Phi) is 5.78. The van der Waals surface area contributed by atoms with Crippen LogP contribution in [0.1, 0.15) is 22.9 Å². The summed E-state index contributed by atoms with van der Waals surface area (Å²) in [6.07, 6.45) is 0. The summed E-state index contributed by atoms with van der Waals surface area (Å²) in [5.41, 5.74) is 3.12. The third-order valence-electron chi connectivity index (χ3n) is 3.73. The molecule has 22 heavy (non-hydrogen) atoms. The Morgan fingerprint density at radius 1 is 1.32 bits per heavy atom. The van der Waals surface area contributed by atoms with E-state index in [2.05, 4.69) is 38.3 Å². The highest BCUT2D eigenvalue weighted by atomic mass is 79.9. The largest absolute Gasteiger partial charge is 0.324 e. The maximum Gasteiger partial charge on any atom is 0.241 e. The van der Waals surface area contributed by atoms with E-state index in [1.54, 1.807) is 11.3 Å². The molecule has 0 bridgehead atoms. The molecule has 0 fully saturated rings. The number of aryl methyl sites for hydroxylation is 2. The molecule has 1 amide bonds. The summed E-state index contributed by atoms with van der Waals surface area (Å²) in [7, 11) is 1.97. The van der Waals surface area contributed by atoms with E-state index < -0.39 is 0 Å². The highest BCUT2D eigenvalue weighted by molar-refractivity contribution is 9.11. The van der Waals surface area contributed by atoms with E-state index >= 15 is 0 Å². The molecule has 2 rings (SSSR count). The Bertz CT molecular complexity index is 668. The number of carbonyl (C=O) groups is 1. The second kappa shape index (κ2) is 7.40. The van der Waals surface area contributed by atoms with Crippen molar-refractivity contribution < 1.29 is 4.79 Å².